The maximum Gasteiger partial charge on any atom is 0.387 e. The highest BCUT2D eigenvalue weighted by Crippen LogP contribution is 2.17. The van der Waals surface area contributed by atoms with Crippen molar-refractivity contribution in [2.24, 2.45) is 0 Å². The van der Waals surface area contributed by atoms with Gasteiger partial charge < -0.3 is 15.0 Å². The van der Waals surface area contributed by atoms with E-state index in [0.717, 1.165) is 38.3 Å². The van der Waals surface area contributed by atoms with Gasteiger partial charge in [-0.15, -0.1) is 0 Å². The van der Waals surface area contributed by atoms with E-state index < -0.39 is 6.61 Å². The second kappa shape index (κ2) is 10.8. The Labute approximate surface area is 171 Å². The van der Waals surface area contributed by atoms with E-state index in [1.54, 1.807) is 12.1 Å². The number of nitrogens with zero attached hydrogens (tertiary/aromatic N) is 3. The van der Waals surface area contributed by atoms with Crippen molar-refractivity contribution in [3.05, 3.63) is 29.8 Å². The van der Waals surface area contributed by atoms with E-state index in [9.17, 15) is 13.6 Å². The van der Waals surface area contributed by atoms with Crippen molar-refractivity contribution in [2.45, 2.75) is 31.9 Å². The van der Waals surface area contributed by atoms with Crippen LogP contribution in [0, 0.1) is 0 Å². The van der Waals surface area contributed by atoms with E-state index in [1.165, 1.54) is 31.5 Å². The second-order valence-electron chi connectivity index (χ2n) is 7.99. The highest BCUT2D eigenvalue weighted by Gasteiger charge is 2.27. The number of alkyl halides is 2. The number of piperidine rings is 1. The smallest absolute Gasteiger partial charge is 0.387 e. The molecular weight excluding hydrogens is 378 g/mol. The Hall–Kier alpha value is -1.77. The predicted molar refractivity (Wildman–Crippen MR) is 108 cm³/mol. The molecule has 1 aromatic carbocycles. The molecule has 0 aliphatic carbocycles. The summed E-state index contributed by atoms with van der Waals surface area (Å²) in [6, 6.07) is 7.18. The molecule has 0 bridgehead atoms. The molecule has 0 spiro atoms. The van der Waals surface area contributed by atoms with E-state index in [-0.39, 0.29) is 11.7 Å². The fourth-order valence-electron chi connectivity index (χ4n) is 4.17. The molecule has 2 saturated heterocycles. The Bertz CT molecular complexity index is 636. The summed E-state index contributed by atoms with van der Waals surface area (Å²) in [6.07, 6.45) is 3.20. The maximum atomic E-state index is 12.2. The first-order chi connectivity index (χ1) is 14.0. The summed E-state index contributed by atoms with van der Waals surface area (Å²) in [4.78, 5) is 19.4. The van der Waals surface area contributed by atoms with Crippen molar-refractivity contribution in [1.82, 2.24) is 20.0 Å². The Morgan fingerprint density at radius 1 is 1.17 bits per heavy atom. The monoisotopic (exact) mass is 410 g/mol. The normalized spacial score (nSPS) is 22.0. The van der Waals surface area contributed by atoms with E-state index in [1.807, 2.05) is 0 Å². The predicted octanol–water partition coefficient (Wildman–Crippen LogP) is 1.66. The minimum atomic E-state index is -2.81. The molecule has 8 heteroatoms. The van der Waals surface area contributed by atoms with Crippen LogP contribution in [0.1, 0.15) is 18.4 Å². The number of carbonyl (C=O) groups excluding carboxylic acids is 1. The van der Waals surface area contributed by atoms with Crippen LogP contribution in [-0.4, -0.2) is 92.7 Å². The topological polar surface area (TPSA) is 48.0 Å². The molecule has 2 aliphatic heterocycles. The van der Waals surface area contributed by atoms with Crippen molar-refractivity contribution in [3.63, 3.8) is 0 Å². The van der Waals surface area contributed by atoms with E-state index >= 15 is 0 Å². The average Bonchev–Trinajstić information content (AvgIpc) is 2.69. The van der Waals surface area contributed by atoms with Crippen LogP contribution in [0.2, 0.25) is 0 Å². The lowest BCUT2D eigenvalue weighted by molar-refractivity contribution is -0.122. The summed E-state index contributed by atoms with van der Waals surface area (Å²) in [6.45, 7) is 4.41. The van der Waals surface area contributed by atoms with Gasteiger partial charge in [-0.1, -0.05) is 12.1 Å². The average molecular weight is 411 g/mol. The molecule has 1 atom stereocenters. The molecule has 29 heavy (non-hydrogen) atoms. The molecule has 2 heterocycles. The van der Waals surface area contributed by atoms with Gasteiger partial charge in [0.15, 0.2) is 0 Å². The fraction of sp³-hybridized carbons (Fsp3) is 0.667. The summed E-state index contributed by atoms with van der Waals surface area (Å²) >= 11 is 0. The van der Waals surface area contributed by atoms with Crippen molar-refractivity contribution < 1.29 is 18.3 Å². The standard InChI is InChI=1S/C21H32F2N4O2/c1-25-10-2-3-18(15-25)27-13-11-26(12-14-27)16-20(28)24-9-8-17-4-6-19(7-5-17)29-21(22)23/h4-7,18,21H,2-3,8-16H2,1H3,(H,24,28). The molecule has 3 rings (SSSR count). The molecular formula is C21H32F2N4O2. The van der Waals surface area contributed by atoms with Gasteiger partial charge in [-0.05, 0) is 50.6 Å². The van der Waals surface area contributed by atoms with Crippen LogP contribution >= 0.6 is 0 Å². The van der Waals surface area contributed by atoms with E-state index in [2.05, 4.69) is 31.8 Å². The SMILES string of the molecule is CN1CCCC(N2CCN(CC(=O)NCCc3ccc(OC(F)F)cc3)CC2)C1. The number of benzene rings is 1. The Morgan fingerprint density at radius 2 is 1.90 bits per heavy atom. The van der Waals surface area contributed by atoms with Gasteiger partial charge in [-0.3, -0.25) is 14.6 Å². The van der Waals surface area contributed by atoms with Crippen molar-refractivity contribution in [1.29, 1.82) is 0 Å². The lowest BCUT2D eigenvalue weighted by atomic mass is 10.0. The van der Waals surface area contributed by atoms with Gasteiger partial charge in [-0.25, -0.2) is 0 Å². The summed E-state index contributed by atoms with van der Waals surface area (Å²) < 4.78 is 28.7. The van der Waals surface area contributed by atoms with Crippen LogP contribution in [0.3, 0.4) is 0 Å². The lowest BCUT2D eigenvalue weighted by Crippen LogP contribution is -2.55. The highest BCUT2D eigenvalue weighted by molar-refractivity contribution is 5.78. The molecule has 1 unspecified atom stereocenters. The molecule has 6 nitrogen and oxygen atoms in total. The zero-order valence-electron chi connectivity index (χ0n) is 17.2. The quantitative estimate of drug-likeness (QED) is 0.706. The number of rotatable bonds is 8. The number of carbonyl (C=O) groups is 1. The number of hydrogen-bond acceptors (Lipinski definition) is 5. The third kappa shape index (κ3) is 7.21. The molecule has 0 saturated carbocycles. The maximum absolute atomic E-state index is 12.2. The number of halogens is 2. The largest absolute Gasteiger partial charge is 0.435 e. The van der Waals surface area contributed by atoms with Crippen molar-refractivity contribution in [3.8, 4) is 5.75 Å². The van der Waals surface area contributed by atoms with Crippen LogP contribution in [0.15, 0.2) is 24.3 Å². The molecule has 0 aromatic heterocycles. The molecule has 2 aliphatic rings. The molecule has 162 valence electrons. The molecule has 0 radical (unpaired) electrons. The number of hydrogen-bond donors (Lipinski definition) is 1. The van der Waals surface area contributed by atoms with Crippen LogP contribution in [0.25, 0.3) is 0 Å². The van der Waals surface area contributed by atoms with E-state index in [0.29, 0.717) is 25.6 Å². The number of ether oxygens (including phenoxy) is 1. The first-order valence-electron chi connectivity index (χ1n) is 10.4. The van der Waals surface area contributed by atoms with Crippen molar-refractivity contribution in [2.75, 3.05) is 59.4 Å². The number of piperazine rings is 1. The third-order valence-electron chi connectivity index (χ3n) is 5.77. The molecule has 1 amide bonds. The Kier molecular flexibility index (Phi) is 8.20. The van der Waals surface area contributed by atoms with Crippen LogP contribution in [0.5, 0.6) is 5.75 Å². The van der Waals surface area contributed by atoms with Crippen LogP contribution < -0.4 is 10.1 Å². The highest BCUT2D eigenvalue weighted by atomic mass is 19.3. The van der Waals surface area contributed by atoms with Gasteiger partial charge in [0.05, 0.1) is 6.54 Å². The number of likely N-dealkylation sites (tertiary alicyclic amines) is 1. The van der Waals surface area contributed by atoms with Gasteiger partial charge in [0.2, 0.25) is 5.91 Å². The van der Waals surface area contributed by atoms with Gasteiger partial charge in [0.25, 0.3) is 0 Å². The first kappa shape index (κ1) is 21.9. The fourth-order valence-corrected chi connectivity index (χ4v) is 4.17. The van der Waals surface area contributed by atoms with Gasteiger partial charge >= 0.3 is 6.61 Å². The second-order valence-corrected chi connectivity index (χ2v) is 7.99. The summed E-state index contributed by atoms with van der Waals surface area (Å²) in [5, 5.41) is 2.95. The zero-order valence-corrected chi connectivity index (χ0v) is 17.2. The molecule has 1 N–H and O–H groups in total. The number of amides is 1. The van der Waals surface area contributed by atoms with Gasteiger partial charge in [0.1, 0.15) is 5.75 Å². The van der Waals surface area contributed by atoms with Gasteiger partial charge in [0, 0.05) is 45.3 Å². The van der Waals surface area contributed by atoms with Crippen molar-refractivity contribution >= 4 is 5.91 Å². The van der Waals surface area contributed by atoms with E-state index in [4.69, 9.17) is 0 Å². The minimum absolute atomic E-state index is 0.0357. The number of likely N-dealkylation sites (N-methyl/N-ethyl adjacent to an activating group) is 1. The Balaban J connectivity index is 1.31. The summed E-state index contributed by atoms with van der Waals surface area (Å²) in [7, 11) is 2.19. The Morgan fingerprint density at radius 3 is 2.55 bits per heavy atom. The summed E-state index contributed by atoms with van der Waals surface area (Å²) in [5.41, 5.74) is 0.970. The summed E-state index contributed by atoms with van der Waals surface area (Å²) in [5.74, 6) is 0.181. The van der Waals surface area contributed by atoms with Crippen LogP contribution in [0.4, 0.5) is 8.78 Å². The number of nitrogens with one attached hydrogen (secondary N) is 1. The zero-order chi connectivity index (χ0) is 20.6. The molecule has 2 fully saturated rings. The van der Waals surface area contributed by atoms with Gasteiger partial charge in [-0.2, -0.15) is 8.78 Å². The molecule has 1 aromatic rings. The lowest BCUT2D eigenvalue weighted by Gasteiger charge is -2.42. The first-order valence-corrected chi connectivity index (χ1v) is 10.4. The minimum Gasteiger partial charge on any atom is -0.435 e. The third-order valence-corrected chi connectivity index (χ3v) is 5.77. The van der Waals surface area contributed by atoms with Crippen LogP contribution in [-0.2, 0) is 11.2 Å².